The molecule has 0 spiro atoms. The van der Waals surface area contributed by atoms with Crippen molar-refractivity contribution in [2.45, 2.75) is 77.3 Å². The van der Waals surface area contributed by atoms with Crippen LogP contribution in [0.1, 0.15) is 73.6 Å². The fourth-order valence-electron chi connectivity index (χ4n) is 5.01. The van der Waals surface area contributed by atoms with Crippen molar-refractivity contribution < 1.29 is 42.1 Å². The molecule has 0 fully saturated rings. The summed E-state index contributed by atoms with van der Waals surface area (Å²) >= 11 is 0. The quantitative estimate of drug-likeness (QED) is 0.422. The molecular formula is C32H43F3N4O6. The smallest absolute Gasteiger partial charge is 0.389 e. The number of amides is 3. The number of hydrogen-bond acceptors (Lipinski definition) is 7. The van der Waals surface area contributed by atoms with E-state index in [-0.39, 0.29) is 54.6 Å². The molecule has 45 heavy (non-hydrogen) atoms. The number of carbonyl (C=O) groups excluding carboxylic acids is 3. The number of aliphatic hydroxyl groups excluding tert-OH is 1. The number of nitrogens with zero attached hydrogens (tertiary/aromatic N) is 3. The van der Waals surface area contributed by atoms with Gasteiger partial charge in [0.25, 0.3) is 11.8 Å². The van der Waals surface area contributed by atoms with Gasteiger partial charge in [-0.1, -0.05) is 6.92 Å². The van der Waals surface area contributed by atoms with Gasteiger partial charge >= 0.3 is 6.18 Å². The number of pyridine rings is 1. The van der Waals surface area contributed by atoms with Gasteiger partial charge in [0.1, 0.15) is 5.75 Å². The van der Waals surface area contributed by atoms with Crippen LogP contribution in [0, 0.1) is 5.92 Å². The Balaban J connectivity index is 1.91. The van der Waals surface area contributed by atoms with Crippen molar-refractivity contribution in [1.29, 1.82) is 0 Å². The van der Waals surface area contributed by atoms with Crippen LogP contribution in [0.5, 0.6) is 5.75 Å². The van der Waals surface area contributed by atoms with Gasteiger partial charge in [-0.2, -0.15) is 13.2 Å². The lowest BCUT2D eigenvalue weighted by Gasteiger charge is -2.36. The minimum absolute atomic E-state index is 0.0995. The number of aliphatic hydroxyl groups is 1. The molecule has 3 amide bonds. The molecule has 2 N–H and O–H groups in total. The fraction of sp³-hybridized carbons (Fsp3) is 0.562. The number of hydrogen-bond donors (Lipinski definition) is 2. The Morgan fingerprint density at radius 1 is 1.18 bits per heavy atom. The van der Waals surface area contributed by atoms with Crippen LogP contribution in [0.15, 0.2) is 42.7 Å². The highest BCUT2D eigenvalue weighted by Crippen LogP contribution is 2.29. The maximum atomic E-state index is 14.1. The van der Waals surface area contributed by atoms with Gasteiger partial charge in [0.2, 0.25) is 5.91 Å². The number of nitrogens with one attached hydrogen (secondary N) is 1. The average molecular weight is 637 g/mol. The summed E-state index contributed by atoms with van der Waals surface area (Å²) < 4.78 is 50.3. The zero-order valence-electron chi connectivity index (χ0n) is 26.2. The van der Waals surface area contributed by atoms with Crippen molar-refractivity contribution in [2.24, 2.45) is 5.92 Å². The van der Waals surface area contributed by atoms with Crippen molar-refractivity contribution in [3.8, 4) is 5.75 Å². The number of aromatic nitrogens is 1. The number of halogens is 3. The number of alkyl halides is 3. The Labute approximate surface area is 261 Å². The fourth-order valence-corrected chi connectivity index (χ4v) is 5.01. The molecule has 2 aromatic rings. The minimum atomic E-state index is -4.48. The molecule has 0 saturated heterocycles. The molecular weight excluding hydrogens is 593 g/mol. The highest BCUT2D eigenvalue weighted by atomic mass is 19.4. The number of anilines is 1. The zero-order chi connectivity index (χ0) is 33.1. The maximum Gasteiger partial charge on any atom is 0.389 e. The van der Waals surface area contributed by atoms with Crippen LogP contribution in [0.3, 0.4) is 0 Å². The molecule has 2 heterocycles. The second kappa shape index (κ2) is 16.6. The molecule has 3 rings (SSSR count). The molecule has 10 nitrogen and oxygen atoms in total. The first-order valence-corrected chi connectivity index (χ1v) is 15.1. The predicted octanol–water partition coefficient (Wildman–Crippen LogP) is 4.93. The number of ether oxygens (including phenoxy) is 2. The summed E-state index contributed by atoms with van der Waals surface area (Å²) in [5, 5.41) is 12.5. The van der Waals surface area contributed by atoms with Crippen LogP contribution in [-0.2, 0) is 9.53 Å². The van der Waals surface area contributed by atoms with E-state index in [0.717, 1.165) is 12.8 Å². The van der Waals surface area contributed by atoms with E-state index >= 15 is 0 Å². The standard InChI is InChI=1S/C32H43F3N4O6/c1-21-18-39(22(2)20-40)31(43)26-17-25(37-29(41)10-13-32(33,34)35)8-9-27(26)45-23(3)7-5-6-16-44-28(21)19-38(4)30(42)24-11-14-36-15-12-24/h8-9,11-12,14-15,17,21-23,28,40H,5-7,10,13,16,18-20H2,1-4H3,(H,37,41)/t21-,22+,23+,28+/m0/s1. The van der Waals surface area contributed by atoms with Crippen LogP contribution in [0.25, 0.3) is 0 Å². The van der Waals surface area contributed by atoms with Crippen LogP contribution < -0.4 is 10.1 Å². The lowest BCUT2D eigenvalue weighted by Crippen LogP contribution is -2.48. The summed E-state index contributed by atoms with van der Waals surface area (Å²) in [6.45, 7) is 5.96. The van der Waals surface area contributed by atoms with Crippen molar-refractivity contribution >= 4 is 23.4 Å². The van der Waals surface area contributed by atoms with Crippen molar-refractivity contribution in [1.82, 2.24) is 14.8 Å². The van der Waals surface area contributed by atoms with Crippen LogP contribution in [-0.4, -0.2) is 95.4 Å². The Morgan fingerprint density at radius 3 is 2.56 bits per heavy atom. The van der Waals surface area contributed by atoms with E-state index in [0.29, 0.717) is 18.6 Å². The Bertz CT molecular complexity index is 1280. The molecule has 1 aliphatic rings. The lowest BCUT2D eigenvalue weighted by atomic mass is 10.0. The van der Waals surface area contributed by atoms with E-state index in [1.54, 1.807) is 43.4 Å². The number of rotatable bonds is 8. The second-order valence-corrected chi connectivity index (χ2v) is 11.6. The van der Waals surface area contributed by atoms with Gasteiger partial charge in [-0.15, -0.1) is 0 Å². The zero-order valence-corrected chi connectivity index (χ0v) is 26.2. The largest absolute Gasteiger partial charge is 0.490 e. The third-order valence-electron chi connectivity index (χ3n) is 7.70. The molecule has 1 aliphatic heterocycles. The first-order valence-electron chi connectivity index (χ1n) is 15.1. The van der Waals surface area contributed by atoms with Crippen LogP contribution in [0.2, 0.25) is 0 Å². The van der Waals surface area contributed by atoms with Crippen molar-refractivity contribution in [3.05, 3.63) is 53.9 Å². The van der Waals surface area contributed by atoms with Crippen LogP contribution >= 0.6 is 0 Å². The second-order valence-electron chi connectivity index (χ2n) is 11.6. The van der Waals surface area contributed by atoms with E-state index in [4.69, 9.17) is 9.47 Å². The number of likely N-dealkylation sites (N-methyl/N-ethyl adjacent to an activating group) is 1. The van der Waals surface area contributed by atoms with Crippen LogP contribution in [0.4, 0.5) is 18.9 Å². The highest BCUT2D eigenvalue weighted by Gasteiger charge is 2.32. The normalized spacial score (nSPS) is 20.8. The summed E-state index contributed by atoms with van der Waals surface area (Å²) in [5.41, 5.74) is 0.731. The molecule has 13 heteroatoms. The molecule has 1 aromatic heterocycles. The molecule has 0 radical (unpaired) electrons. The van der Waals surface area contributed by atoms with Crippen molar-refractivity contribution in [3.63, 3.8) is 0 Å². The molecule has 0 aliphatic carbocycles. The molecule has 0 saturated carbocycles. The van der Waals surface area contributed by atoms with E-state index in [1.807, 2.05) is 13.8 Å². The predicted molar refractivity (Wildman–Crippen MR) is 162 cm³/mol. The highest BCUT2D eigenvalue weighted by molar-refractivity contribution is 5.99. The number of carbonyl (C=O) groups is 3. The van der Waals surface area contributed by atoms with E-state index in [1.165, 1.54) is 23.1 Å². The molecule has 248 valence electrons. The monoisotopic (exact) mass is 636 g/mol. The topological polar surface area (TPSA) is 121 Å². The number of fused-ring (bicyclic) bond motifs is 1. The van der Waals surface area contributed by atoms with E-state index in [2.05, 4.69) is 10.3 Å². The summed E-state index contributed by atoms with van der Waals surface area (Å²) in [7, 11) is 1.68. The third-order valence-corrected chi connectivity index (χ3v) is 7.70. The SMILES string of the molecule is C[C@@H]1CCCCO[C@H](CN(C)C(=O)c2ccncc2)[C@@H](C)CN([C@H](C)CO)C(=O)c2cc(NC(=O)CCC(F)(F)F)ccc2O1. The first kappa shape index (κ1) is 35.8. The molecule has 0 unspecified atom stereocenters. The Kier molecular flexibility index (Phi) is 13.2. The molecule has 0 bridgehead atoms. The van der Waals surface area contributed by atoms with Gasteiger partial charge < -0.3 is 29.7 Å². The maximum absolute atomic E-state index is 14.1. The number of benzene rings is 1. The van der Waals surface area contributed by atoms with E-state index < -0.39 is 43.0 Å². The average Bonchev–Trinajstić information content (AvgIpc) is 3.01. The lowest BCUT2D eigenvalue weighted by molar-refractivity contribution is -0.142. The Hall–Kier alpha value is -3.71. The minimum Gasteiger partial charge on any atom is -0.490 e. The Morgan fingerprint density at radius 2 is 1.89 bits per heavy atom. The van der Waals surface area contributed by atoms with Gasteiger partial charge in [0.05, 0.1) is 36.8 Å². The van der Waals surface area contributed by atoms with Gasteiger partial charge in [-0.05, 0) is 63.4 Å². The summed E-state index contributed by atoms with van der Waals surface area (Å²) in [6.07, 6.45) is -1.97. The van der Waals surface area contributed by atoms with E-state index in [9.17, 15) is 32.7 Å². The van der Waals surface area contributed by atoms with Crippen molar-refractivity contribution in [2.75, 3.05) is 38.7 Å². The third kappa shape index (κ3) is 11.0. The first-order chi connectivity index (χ1) is 21.3. The van der Waals surface area contributed by atoms with Gasteiger partial charge in [0.15, 0.2) is 0 Å². The van der Waals surface area contributed by atoms with Gasteiger partial charge in [0, 0.05) is 62.7 Å². The molecule has 1 aromatic carbocycles. The summed E-state index contributed by atoms with van der Waals surface area (Å²) in [4.78, 5) is 46.5. The summed E-state index contributed by atoms with van der Waals surface area (Å²) in [6, 6.07) is 7.03. The molecule has 4 atom stereocenters. The van der Waals surface area contributed by atoms with Gasteiger partial charge in [-0.25, -0.2) is 0 Å². The van der Waals surface area contributed by atoms with Gasteiger partial charge in [-0.3, -0.25) is 19.4 Å². The summed E-state index contributed by atoms with van der Waals surface area (Å²) in [5.74, 6) is -1.55.